The van der Waals surface area contributed by atoms with Gasteiger partial charge in [0.1, 0.15) is 23.8 Å². The number of esters is 1. The predicted molar refractivity (Wildman–Crippen MR) is 124 cm³/mol. The van der Waals surface area contributed by atoms with Gasteiger partial charge in [-0.25, -0.2) is 4.39 Å². The van der Waals surface area contributed by atoms with Gasteiger partial charge >= 0.3 is 5.97 Å². The van der Waals surface area contributed by atoms with Gasteiger partial charge < -0.3 is 23.7 Å². The van der Waals surface area contributed by atoms with Gasteiger partial charge in [0.2, 0.25) is 6.29 Å². The van der Waals surface area contributed by atoms with Crippen LogP contribution in [0, 0.1) is 11.2 Å². The van der Waals surface area contributed by atoms with Crippen LogP contribution in [-0.2, 0) is 36.8 Å². The van der Waals surface area contributed by atoms with Crippen LogP contribution in [0.3, 0.4) is 0 Å². The highest BCUT2D eigenvalue weighted by atomic mass is 19.1. The van der Waals surface area contributed by atoms with Crippen molar-refractivity contribution >= 4 is 12.8 Å². The van der Waals surface area contributed by atoms with E-state index in [9.17, 15) is 9.18 Å². The molecule has 0 N–H and O–H groups in total. The fourth-order valence-electron chi connectivity index (χ4n) is 3.02. The molecule has 0 saturated heterocycles. The fraction of sp³-hybridized carbons (Fsp3) is 0.385. The van der Waals surface area contributed by atoms with E-state index in [0.29, 0.717) is 18.6 Å². The molecule has 2 unspecified atom stereocenters. The van der Waals surface area contributed by atoms with Crippen LogP contribution in [0.4, 0.5) is 4.39 Å². The molecule has 0 saturated carbocycles. The van der Waals surface area contributed by atoms with E-state index < -0.39 is 11.7 Å². The first kappa shape index (κ1) is 28.0. The fourth-order valence-corrected chi connectivity index (χ4v) is 3.02. The number of aryl methyl sites for hydroxylation is 1. The second-order valence-corrected chi connectivity index (χ2v) is 7.70. The Hall–Kier alpha value is -3.03. The van der Waals surface area contributed by atoms with E-state index in [2.05, 4.69) is 6.58 Å². The third kappa shape index (κ3) is 8.44. The van der Waals surface area contributed by atoms with Crippen LogP contribution >= 0.6 is 0 Å². The second kappa shape index (κ2) is 14.2. The number of halogens is 1. The van der Waals surface area contributed by atoms with Gasteiger partial charge in [0.15, 0.2) is 0 Å². The van der Waals surface area contributed by atoms with Gasteiger partial charge in [-0.1, -0.05) is 42.5 Å². The number of carbonyl (C=O) groups is 2. The Morgan fingerprint density at radius 1 is 1.12 bits per heavy atom. The molecule has 0 aromatic heterocycles. The number of hydrogen-bond acceptors (Lipinski definition) is 6. The first-order valence-corrected chi connectivity index (χ1v) is 10.4. The van der Waals surface area contributed by atoms with E-state index >= 15 is 0 Å². The number of para-hydroxylation sites is 1. The molecule has 0 bridgehead atoms. The van der Waals surface area contributed by atoms with Gasteiger partial charge in [0.05, 0.1) is 13.2 Å². The van der Waals surface area contributed by atoms with Crippen molar-refractivity contribution in [3.63, 3.8) is 0 Å². The zero-order valence-electron chi connectivity index (χ0n) is 19.8. The summed E-state index contributed by atoms with van der Waals surface area (Å²) in [4.78, 5) is 20.4. The first-order chi connectivity index (χ1) is 15.8. The van der Waals surface area contributed by atoms with E-state index in [4.69, 9.17) is 23.7 Å². The summed E-state index contributed by atoms with van der Waals surface area (Å²) in [6.07, 6.45) is 0.937. The van der Waals surface area contributed by atoms with Crippen LogP contribution in [0.15, 0.2) is 60.7 Å². The summed E-state index contributed by atoms with van der Waals surface area (Å²) in [7, 11) is 3.17. The van der Waals surface area contributed by atoms with E-state index in [-0.39, 0.29) is 18.4 Å². The van der Waals surface area contributed by atoms with Crippen LogP contribution in [-0.4, -0.2) is 39.9 Å². The summed E-state index contributed by atoms with van der Waals surface area (Å²) < 4.78 is 33.5. The zero-order valence-corrected chi connectivity index (χ0v) is 19.8. The van der Waals surface area contributed by atoms with Gasteiger partial charge in [-0.05, 0) is 49.6 Å². The predicted octanol–water partition coefficient (Wildman–Crippen LogP) is 4.90. The summed E-state index contributed by atoms with van der Waals surface area (Å²) in [6, 6.07) is 14.1. The van der Waals surface area contributed by atoms with Crippen LogP contribution in [0.2, 0.25) is 0 Å². The Bertz CT molecular complexity index is 883. The molecule has 2 atom stereocenters. The number of benzene rings is 2. The van der Waals surface area contributed by atoms with Gasteiger partial charge in [-0.15, -0.1) is 0 Å². The van der Waals surface area contributed by atoms with E-state index in [1.54, 1.807) is 40.2 Å². The summed E-state index contributed by atoms with van der Waals surface area (Å²) >= 11 is 0. The minimum atomic E-state index is -0.852. The summed E-state index contributed by atoms with van der Waals surface area (Å²) in [5, 5.41) is 0. The number of fused-ring (bicyclic) bond motifs is 1. The molecule has 0 spiro atoms. The second-order valence-electron chi connectivity index (χ2n) is 7.70. The van der Waals surface area contributed by atoms with E-state index in [1.807, 2.05) is 31.1 Å². The minimum absolute atomic E-state index is 0.208. The molecular formula is C26H33FO6. The molecule has 33 heavy (non-hydrogen) atoms. The third-order valence-corrected chi connectivity index (χ3v) is 5.17. The molecule has 180 valence electrons. The van der Waals surface area contributed by atoms with Crippen LogP contribution in [0.5, 0.6) is 5.75 Å². The number of carbonyl (C=O) groups excluding carboxylic acids is 2. The number of ether oxygens (including phenoxy) is 4. The SMILES string of the molecule is C=C(C)C(C)(COC)C(=O)OC1CCc2ccccc2O1.C=O.COCc1ccc(F)cc1. The molecule has 2 aromatic carbocycles. The van der Waals surface area contributed by atoms with Crippen molar-refractivity contribution in [2.75, 3.05) is 20.8 Å². The topological polar surface area (TPSA) is 71.1 Å². The maximum Gasteiger partial charge on any atom is 0.321 e. The number of methoxy groups -OCH3 is 2. The Balaban J connectivity index is 0.000000380. The molecule has 3 rings (SSSR count). The molecular weight excluding hydrogens is 427 g/mol. The van der Waals surface area contributed by atoms with Crippen molar-refractivity contribution < 1.29 is 32.9 Å². The molecule has 1 aliphatic rings. The van der Waals surface area contributed by atoms with Crippen molar-refractivity contribution in [2.24, 2.45) is 5.41 Å². The molecule has 7 heteroatoms. The van der Waals surface area contributed by atoms with Gasteiger partial charge in [0.25, 0.3) is 0 Å². The molecule has 2 aromatic rings. The van der Waals surface area contributed by atoms with Crippen LogP contribution in [0.25, 0.3) is 0 Å². The molecule has 1 aliphatic heterocycles. The van der Waals surface area contributed by atoms with Crippen LogP contribution < -0.4 is 4.74 Å². The summed E-state index contributed by atoms with van der Waals surface area (Å²) in [6.45, 7) is 10.2. The summed E-state index contributed by atoms with van der Waals surface area (Å²) in [5.41, 5.74) is 1.99. The maximum absolute atomic E-state index is 12.4. The average molecular weight is 461 g/mol. The van der Waals surface area contributed by atoms with Crippen molar-refractivity contribution in [3.8, 4) is 5.75 Å². The lowest BCUT2D eigenvalue weighted by Gasteiger charge is -2.31. The first-order valence-electron chi connectivity index (χ1n) is 10.4. The normalized spacial score (nSPS) is 15.7. The number of rotatable bonds is 7. The lowest BCUT2D eigenvalue weighted by atomic mass is 9.84. The smallest absolute Gasteiger partial charge is 0.321 e. The lowest BCUT2D eigenvalue weighted by molar-refractivity contribution is -0.177. The molecule has 0 radical (unpaired) electrons. The highest BCUT2D eigenvalue weighted by Gasteiger charge is 2.38. The highest BCUT2D eigenvalue weighted by molar-refractivity contribution is 5.80. The van der Waals surface area contributed by atoms with Gasteiger partial charge in [0, 0.05) is 20.6 Å². The average Bonchev–Trinajstić information content (AvgIpc) is 2.82. The molecule has 6 nitrogen and oxygen atoms in total. The number of hydrogen-bond donors (Lipinski definition) is 0. The zero-order chi connectivity index (χ0) is 24.9. The van der Waals surface area contributed by atoms with E-state index in [0.717, 1.165) is 23.3 Å². The summed E-state index contributed by atoms with van der Waals surface area (Å²) in [5.74, 6) is 0.214. The minimum Gasteiger partial charge on any atom is -0.454 e. The largest absolute Gasteiger partial charge is 0.454 e. The monoisotopic (exact) mass is 460 g/mol. The quantitative estimate of drug-likeness (QED) is 0.433. The standard InChI is InChI=1S/C17H22O4.C8H9FO.CH2O/c1-12(2)17(3,11-19-4)16(18)21-15-10-9-13-7-5-6-8-14(13)20-15;1-10-6-7-2-4-8(9)5-3-7;1-2/h5-8,15H,1,9-11H2,2-4H3;2-5H,6H2,1H3;1H2. The van der Waals surface area contributed by atoms with Crippen molar-refractivity contribution in [1.29, 1.82) is 0 Å². The van der Waals surface area contributed by atoms with Crippen molar-refractivity contribution in [2.45, 2.75) is 39.6 Å². The Morgan fingerprint density at radius 2 is 1.76 bits per heavy atom. The Labute approximate surface area is 195 Å². The van der Waals surface area contributed by atoms with Gasteiger partial charge in [-0.2, -0.15) is 0 Å². The Kier molecular flexibility index (Phi) is 12.0. The van der Waals surface area contributed by atoms with E-state index in [1.165, 1.54) is 12.1 Å². The van der Waals surface area contributed by atoms with Crippen LogP contribution in [0.1, 0.15) is 31.4 Å². The highest BCUT2D eigenvalue weighted by Crippen LogP contribution is 2.31. The maximum atomic E-state index is 12.4. The van der Waals surface area contributed by atoms with Crippen molar-refractivity contribution in [1.82, 2.24) is 0 Å². The molecule has 0 fully saturated rings. The van der Waals surface area contributed by atoms with Crippen molar-refractivity contribution in [3.05, 3.63) is 77.6 Å². The molecule has 1 heterocycles. The van der Waals surface area contributed by atoms with Gasteiger partial charge in [-0.3, -0.25) is 4.79 Å². The molecule has 0 amide bonds. The Morgan fingerprint density at radius 3 is 2.33 bits per heavy atom. The molecule has 0 aliphatic carbocycles. The third-order valence-electron chi connectivity index (χ3n) is 5.17. The lowest BCUT2D eigenvalue weighted by Crippen LogP contribution is -2.39.